The van der Waals surface area contributed by atoms with Crippen LogP contribution in [-0.2, 0) is 9.53 Å². The molecular weight excluding hydrogens is 216 g/mol. The predicted octanol–water partition coefficient (Wildman–Crippen LogP) is 3.47. The van der Waals surface area contributed by atoms with Gasteiger partial charge in [0, 0.05) is 13.2 Å². The fourth-order valence-corrected chi connectivity index (χ4v) is 2.31. The summed E-state index contributed by atoms with van der Waals surface area (Å²) in [5.41, 5.74) is -0.592. The van der Waals surface area contributed by atoms with Crippen molar-refractivity contribution >= 4 is 5.97 Å². The molecule has 0 saturated heterocycles. The van der Waals surface area contributed by atoms with Crippen molar-refractivity contribution in [2.24, 2.45) is 11.3 Å². The molecule has 0 amide bonds. The van der Waals surface area contributed by atoms with Gasteiger partial charge in [0.2, 0.25) is 0 Å². The average Bonchev–Trinajstić information content (AvgIpc) is 2.75. The highest BCUT2D eigenvalue weighted by Gasteiger charge is 2.25. The Bertz CT molecular complexity index is 230. The normalized spacial score (nSPS) is 17.5. The van der Waals surface area contributed by atoms with Crippen LogP contribution in [0.25, 0.3) is 0 Å². The Morgan fingerprint density at radius 2 is 1.94 bits per heavy atom. The van der Waals surface area contributed by atoms with Gasteiger partial charge in [0.25, 0.3) is 0 Å². The van der Waals surface area contributed by atoms with Crippen molar-refractivity contribution in [1.82, 2.24) is 0 Å². The zero-order valence-corrected chi connectivity index (χ0v) is 11.2. The summed E-state index contributed by atoms with van der Waals surface area (Å²) in [7, 11) is 0. The lowest BCUT2D eigenvalue weighted by Crippen LogP contribution is -2.23. The lowest BCUT2D eigenvalue weighted by atomic mass is 9.87. The molecule has 0 radical (unpaired) electrons. The van der Waals surface area contributed by atoms with Gasteiger partial charge in [-0.1, -0.05) is 19.3 Å². The van der Waals surface area contributed by atoms with Crippen LogP contribution in [0.5, 0.6) is 0 Å². The molecule has 0 atom stereocenters. The highest BCUT2D eigenvalue weighted by atomic mass is 16.5. The zero-order chi connectivity index (χ0) is 12.7. The van der Waals surface area contributed by atoms with Gasteiger partial charge in [-0.25, -0.2) is 0 Å². The smallest absolute Gasteiger partial charge is 0.309 e. The average molecular weight is 242 g/mol. The Balaban J connectivity index is 1.95. The molecule has 0 unspecified atom stereocenters. The number of carboxylic acids is 1. The van der Waals surface area contributed by atoms with Crippen LogP contribution in [0.3, 0.4) is 0 Å². The standard InChI is InChI=1S/C14H26O3/c1-14(2,13(15)16)9-5-6-10-17-11-12-7-3-4-8-12/h12H,3-11H2,1-2H3,(H,15,16). The molecule has 3 heteroatoms. The lowest BCUT2D eigenvalue weighted by molar-refractivity contribution is -0.147. The van der Waals surface area contributed by atoms with Gasteiger partial charge < -0.3 is 9.84 Å². The van der Waals surface area contributed by atoms with E-state index < -0.39 is 11.4 Å². The molecule has 0 aromatic rings. The number of hydrogen-bond donors (Lipinski definition) is 1. The first-order valence-corrected chi connectivity index (χ1v) is 6.83. The van der Waals surface area contributed by atoms with E-state index in [1.165, 1.54) is 25.7 Å². The minimum atomic E-state index is -0.704. The summed E-state index contributed by atoms with van der Waals surface area (Å²) in [5.74, 6) is 0.0786. The molecule has 1 aliphatic rings. The summed E-state index contributed by atoms with van der Waals surface area (Å²) in [6.45, 7) is 5.26. The topological polar surface area (TPSA) is 46.5 Å². The van der Waals surface area contributed by atoms with Gasteiger partial charge in [-0.05, 0) is 45.4 Å². The Kier molecular flexibility index (Phi) is 5.96. The number of unbranched alkanes of at least 4 members (excludes halogenated alkanes) is 1. The summed E-state index contributed by atoms with van der Waals surface area (Å²) in [4.78, 5) is 10.9. The van der Waals surface area contributed by atoms with E-state index in [2.05, 4.69) is 0 Å². The third kappa shape index (κ3) is 5.53. The summed E-state index contributed by atoms with van der Waals surface area (Å²) < 4.78 is 5.65. The van der Waals surface area contributed by atoms with Crippen molar-refractivity contribution in [3.63, 3.8) is 0 Å². The van der Waals surface area contributed by atoms with Crippen LogP contribution in [0.15, 0.2) is 0 Å². The number of aliphatic carboxylic acids is 1. The molecule has 1 saturated carbocycles. The molecule has 1 fully saturated rings. The Morgan fingerprint density at radius 1 is 1.29 bits per heavy atom. The Labute approximate surface area is 105 Å². The maximum atomic E-state index is 10.9. The number of rotatable bonds is 8. The van der Waals surface area contributed by atoms with Crippen molar-refractivity contribution in [3.8, 4) is 0 Å². The molecule has 100 valence electrons. The van der Waals surface area contributed by atoms with Gasteiger partial charge in [-0.3, -0.25) is 4.79 Å². The van der Waals surface area contributed by atoms with E-state index in [4.69, 9.17) is 9.84 Å². The van der Waals surface area contributed by atoms with Crippen molar-refractivity contribution in [1.29, 1.82) is 0 Å². The van der Waals surface area contributed by atoms with Gasteiger partial charge in [-0.15, -0.1) is 0 Å². The van der Waals surface area contributed by atoms with Crippen LogP contribution in [-0.4, -0.2) is 24.3 Å². The monoisotopic (exact) mass is 242 g/mol. The minimum Gasteiger partial charge on any atom is -0.481 e. The molecule has 1 N–H and O–H groups in total. The number of carbonyl (C=O) groups is 1. The summed E-state index contributed by atoms with van der Waals surface area (Å²) >= 11 is 0. The molecular formula is C14H26O3. The zero-order valence-electron chi connectivity index (χ0n) is 11.2. The number of hydrogen-bond acceptors (Lipinski definition) is 2. The molecule has 0 spiro atoms. The van der Waals surface area contributed by atoms with Gasteiger partial charge in [-0.2, -0.15) is 0 Å². The Hall–Kier alpha value is -0.570. The third-order valence-corrected chi connectivity index (χ3v) is 3.75. The van der Waals surface area contributed by atoms with Crippen LogP contribution in [0.2, 0.25) is 0 Å². The van der Waals surface area contributed by atoms with E-state index in [0.717, 1.165) is 38.4 Å². The van der Waals surface area contributed by atoms with Crippen LogP contribution in [0.1, 0.15) is 58.8 Å². The van der Waals surface area contributed by atoms with Crippen molar-refractivity contribution in [2.75, 3.05) is 13.2 Å². The fraction of sp³-hybridized carbons (Fsp3) is 0.929. The maximum absolute atomic E-state index is 10.9. The predicted molar refractivity (Wildman–Crippen MR) is 68.0 cm³/mol. The minimum absolute atomic E-state index is 0.592. The van der Waals surface area contributed by atoms with Crippen molar-refractivity contribution in [2.45, 2.75) is 58.8 Å². The highest BCUT2D eigenvalue weighted by molar-refractivity contribution is 5.73. The number of ether oxygens (including phenoxy) is 1. The lowest BCUT2D eigenvalue weighted by Gasteiger charge is -2.18. The highest BCUT2D eigenvalue weighted by Crippen LogP contribution is 2.25. The molecule has 3 nitrogen and oxygen atoms in total. The second-order valence-corrected chi connectivity index (χ2v) is 5.87. The number of carboxylic acid groups (broad SMARTS) is 1. The van der Waals surface area contributed by atoms with Gasteiger partial charge in [0.05, 0.1) is 5.41 Å². The summed E-state index contributed by atoms with van der Waals surface area (Å²) in [6, 6.07) is 0. The van der Waals surface area contributed by atoms with Crippen LogP contribution in [0, 0.1) is 11.3 Å². The molecule has 17 heavy (non-hydrogen) atoms. The van der Waals surface area contributed by atoms with Crippen molar-refractivity contribution < 1.29 is 14.6 Å². The first-order valence-electron chi connectivity index (χ1n) is 6.83. The van der Waals surface area contributed by atoms with E-state index >= 15 is 0 Å². The molecule has 0 bridgehead atoms. The van der Waals surface area contributed by atoms with E-state index in [1.807, 2.05) is 0 Å². The molecule has 0 aromatic carbocycles. The van der Waals surface area contributed by atoms with Crippen molar-refractivity contribution in [3.05, 3.63) is 0 Å². The summed E-state index contributed by atoms with van der Waals surface area (Å²) in [5, 5.41) is 8.96. The maximum Gasteiger partial charge on any atom is 0.309 e. The molecule has 0 aromatic heterocycles. The largest absolute Gasteiger partial charge is 0.481 e. The van der Waals surface area contributed by atoms with E-state index in [0.29, 0.717) is 0 Å². The second-order valence-electron chi connectivity index (χ2n) is 5.87. The van der Waals surface area contributed by atoms with Gasteiger partial charge >= 0.3 is 5.97 Å². The second kappa shape index (κ2) is 7.00. The molecule has 0 heterocycles. The third-order valence-electron chi connectivity index (χ3n) is 3.75. The first kappa shape index (κ1) is 14.5. The van der Waals surface area contributed by atoms with E-state index in [9.17, 15) is 4.79 Å². The van der Waals surface area contributed by atoms with Gasteiger partial charge in [0.1, 0.15) is 0 Å². The molecule has 1 rings (SSSR count). The quantitative estimate of drug-likeness (QED) is 0.663. The van der Waals surface area contributed by atoms with Crippen LogP contribution in [0.4, 0.5) is 0 Å². The van der Waals surface area contributed by atoms with Crippen LogP contribution >= 0.6 is 0 Å². The Morgan fingerprint density at radius 3 is 2.53 bits per heavy atom. The summed E-state index contributed by atoms with van der Waals surface area (Å²) in [6.07, 6.45) is 8.02. The van der Waals surface area contributed by atoms with E-state index in [1.54, 1.807) is 13.8 Å². The fourth-order valence-electron chi connectivity index (χ4n) is 2.31. The first-order chi connectivity index (χ1) is 8.02. The SMILES string of the molecule is CC(C)(CCCCOCC1CCCC1)C(=O)O. The molecule has 0 aliphatic heterocycles. The molecule has 1 aliphatic carbocycles. The van der Waals surface area contributed by atoms with Gasteiger partial charge in [0.15, 0.2) is 0 Å². The van der Waals surface area contributed by atoms with Crippen LogP contribution < -0.4 is 0 Å². The van der Waals surface area contributed by atoms with E-state index in [-0.39, 0.29) is 0 Å².